The molecule has 0 aromatic carbocycles. The van der Waals surface area contributed by atoms with E-state index in [2.05, 4.69) is 22.2 Å². The summed E-state index contributed by atoms with van der Waals surface area (Å²) < 4.78 is 0. The summed E-state index contributed by atoms with van der Waals surface area (Å²) in [7, 11) is 0. The molecule has 3 nitrogen and oxygen atoms in total. The molecule has 2 rings (SSSR count). The van der Waals surface area contributed by atoms with E-state index in [1.165, 1.54) is 12.8 Å². The lowest BCUT2D eigenvalue weighted by Gasteiger charge is -2.09. The molecular weight excluding hydrogens is 174 g/mol. The van der Waals surface area contributed by atoms with E-state index in [-0.39, 0.29) is 0 Å². The van der Waals surface area contributed by atoms with E-state index in [0.29, 0.717) is 6.04 Å². The van der Waals surface area contributed by atoms with Gasteiger partial charge in [0.05, 0.1) is 6.54 Å². The monoisotopic (exact) mass is 189 g/mol. The van der Waals surface area contributed by atoms with Crippen LogP contribution in [0, 0.1) is 0 Å². The minimum absolute atomic E-state index is 0.523. The Bertz CT molecular complexity index is 319. The number of nitrogens with one attached hydrogen (secondary N) is 1. The molecule has 0 saturated heterocycles. The zero-order chi connectivity index (χ0) is 9.80. The van der Waals surface area contributed by atoms with Crippen LogP contribution in [0.5, 0.6) is 0 Å². The van der Waals surface area contributed by atoms with Crippen molar-refractivity contribution in [1.29, 1.82) is 0 Å². The Balaban J connectivity index is 2.02. The lowest BCUT2D eigenvalue weighted by atomic mass is 10.2. The number of hydrogen-bond acceptors (Lipinski definition) is 3. The first-order chi connectivity index (χ1) is 6.90. The number of amidine groups is 1. The highest BCUT2D eigenvalue weighted by atomic mass is 15.1. The van der Waals surface area contributed by atoms with Crippen LogP contribution in [0.2, 0.25) is 0 Å². The van der Waals surface area contributed by atoms with Crippen molar-refractivity contribution in [2.45, 2.75) is 25.8 Å². The van der Waals surface area contributed by atoms with Gasteiger partial charge in [0, 0.05) is 24.0 Å². The zero-order valence-electron chi connectivity index (χ0n) is 8.40. The van der Waals surface area contributed by atoms with E-state index in [9.17, 15) is 0 Å². The zero-order valence-corrected chi connectivity index (χ0v) is 8.40. The molecule has 1 aliphatic heterocycles. The number of aliphatic imine (C=N–C) groups is 1. The van der Waals surface area contributed by atoms with E-state index in [0.717, 1.165) is 17.9 Å². The van der Waals surface area contributed by atoms with Crippen molar-refractivity contribution in [3.8, 4) is 0 Å². The molecule has 14 heavy (non-hydrogen) atoms. The minimum Gasteiger partial charge on any atom is -0.365 e. The summed E-state index contributed by atoms with van der Waals surface area (Å²) in [5, 5.41) is 3.42. The standard InChI is InChI=1S/C11H15N3/c1-2-4-10-8-13-11(14-10)9-5-3-6-12-7-9/h3,5-7,10H,2,4,8H2,1H3,(H,13,14). The van der Waals surface area contributed by atoms with Gasteiger partial charge in [-0.2, -0.15) is 0 Å². The van der Waals surface area contributed by atoms with Gasteiger partial charge in [-0.15, -0.1) is 0 Å². The van der Waals surface area contributed by atoms with Crippen molar-refractivity contribution >= 4 is 5.84 Å². The molecule has 1 atom stereocenters. The quantitative estimate of drug-likeness (QED) is 0.784. The average molecular weight is 189 g/mol. The Hall–Kier alpha value is -1.38. The first-order valence-electron chi connectivity index (χ1n) is 5.11. The first-order valence-corrected chi connectivity index (χ1v) is 5.11. The maximum absolute atomic E-state index is 4.47. The minimum atomic E-state index is 0.523. The second kappa shape index (κ2) is 4.22. The van der Waals surface area contributed by atoms with Gasteiger partial charge in [0.25, 0.3) is 0 Å². The molecule has 0 aliphatic carbocycles. The Labute approximate surface area is 84.3 Å². The predicted octanol–water partition coefficient (Wildman–Crippen LogP) is 1.60. The number of aromatic nitrogens is 1. The molecule has 74 valence electrons. The van der Waals surface area contributed by atoms with Crippen LogP contribution in [-0.4, -0.2) is 23.4 Å². The molecule has 0 spiro atoms. The van der Waals surface area contributed by atoms with Crippen LogP contribution >= 0.6 is 0 Å². The maximum atomic E-state index is 4.47. The van der Waals surface area contributed by atoms with Crippen molar-refractivity contribution in [2.75, 3.05) is 6.54 Å². The third-order valence-corrected chi connectivity index (χ3v) is 2.38. The topological polar surface area (TPSA) is 37.3 Å². The molecule has 2 heterocycles. The SMILES string of the molecule is CCCC1CN=C(c2cccnc2)N1. The lowest BCUT2D eigenvalue weighted by molar-refractivity contribution is 0.592. The Morgan fingerprint density at radius 3 is 3.21 bits per heavy atom. The summed E-state index contributed by atoms with van der Waals surface area (Å²) in [4.78, 5) is 8.55. The van der Waals surface area contributed by atoms with Gasteiger partial charge >= 0.3 is 0 Å². The summed E-state index contributed by atoms with van der Waals surface area (Å²) in [6.07, 6.45) is 6.02. The van der Waals surface area contributed by atoms with Crippen molar-refractivity contribution in [3.05, 3.63) is 30.1 Å². The number of pyridine rings is 1. The van der Waals surface area contributed by atoms with Crippen LogP contribution in [0.1, 0.15) is 25.3 Å². The molecule has 0 radical (unpaired) electrons. The largest absolute Gasteiger partial charge is 0.365 e. The second-order valence-corrected chi connectivity index (χ2v) is 3.56. The van der Waals surface area contributed by atoms with E-state index in [4.69, 9.17) is 0 Å². The highest BCUT2D eigenvalue weighted by Gasteiger charge is 2.16. The Kier molecular flexibility index (Phi) is 2.77. The van der Waals surface area contributed by atoms with Crippen LogP contribution < -0.4 is 5.32 Å². The molecule has 0 bridgehead atoms. The molecule has 1 aromatic heterocycles. The number of rotatable bonds is 3. The van der Waals surface area contributed by atoms with Gasteiger partial charge in [-0.25, -0.2) is 0 Å². The third kappa shape index (κ3) is 1.92. The van der Waals surface area contributed by atoms with Gasteiger partial charge in [0.1, 0.15) is 5.84 Å². The molecule has 3 heteroatoms. The first kappa shape index (κ1) is 9.19. The van der Waals surface area contributed by atoms with Crippen molar-refractivity contribution in [1.82, 2.24) is 10.3 Å². The van der Waals surface area contributed by atoms with Gasteiger partial charge < -0.3 is 5.32 Å². The summed E-state index contributed by atoms with van der Waals surface area (Å²) in [6, 6.07) is 4.50. The van der Waals surface area contributed by atoms with Crippen LogP contribution in [0.3, 0.4) is 0 Å². The van der Waals surface area contributed by atoms with E-state index >= 15 is 0 Å². The highest BCUT2D eigenvalue weighted by molar-refractivity contribution is 5.99. The van der Waals surface area contributed by atoms with Crippen molar-refractivity contribution in [3.63, 3.8) is 0 Å². The van der Waals surface area contributed by atoms with E-state index < -0.39 is 0 Å². The van der Waals surface area contributed by atoms with Crippen LogP contribution in [0.25, 0.3) is 0 Å². The second-order valence-electron chi connectivity index (χ2n) is 3.56. The lowest BCUT2D eigenvalue weighted by Crippen LogP contribution is -2.30. The highest BCUT2D eigenvalue weighted by Crippen LogP contribution is 2.08. The van der Waals surface area contributed by atoms with Gasteiger partial charge in [0.2, 0.25) is 0 Å². The molecular formula is C11H15N3. The predicted molar refractivity (Wildman–Crippen MR) is 57.5 cm³/mol. The molecule has 1 aliphatic rings. The molecule has 0 amide bonds. The molecule has 1 unspecified atom stereocenters. The normalized spacial score (nSPS) is 20.4. The maximum Gasteiger partial charge on any atom is 0.130 e. The summed E-state index contributed by atoms with van der Waals surface area (Å²) >= 11 is 0. The van der Waals surface area contributed by atoms with Gasteiger partial charge in [-0.1, -0.05) is 13.3 Å². The average Bonchev–Trinajstić information content (AvgIpc) is 2.68. The Morgan fingerprint density at radius 2 is 2.50 bits per heavy atom. The smallest absolute Gasteiger partial charge is 0.130 e. The van der Waals surface area contributed by atoms with Gasteiger partial charge in [-0.3, -0.25) is 9.98 Å². The third-order valence-electron chi connectivity index (χ3n) is 2.38. The summed E-state index contributed by atoms with van der Waals surface area (Å²) in [6.45, 7) is 3.10. The van der Waals surface area contributed by atoms with Crippen molar-refractivity contribution < 1.29 is 0 Å². The molecule has 0 fully saturated rings. The van der Waals surface area contributed by atoms with E-state index in [1.807, 2.05) is 18.3 Å². The Morgan fingerprint density at radius 1 is 1.57 bits per heavy atom. The van der Waals surface area contributed by atoms with E-state index in [1.54, 1.807) is 6.20 Å². The fourth-order valence-electron chi connectivity index (χ4n) is 1.68. The molecule has 1 aromatic rings. The summed E-state index contributed by atoms with van der Waals surface area (Å²) in [5.74, 6) is 0.997. The van der Waals surface area contributed by atoms with Crippen LogP contribution in [0.4, 0.5) is 0 Å². The molecule has 1 N–H and O–H groups in total. The summed E-state index contributed by atoms with van der Waals surface area (Å²) in [5.41, 5.74) is 1.09. The van der Waals surface area contributed by atoms with Crippen molar-refractivity contribution in [2.24, 2.45) is 4.99 Å². The van der Waals surface area contributed by atoms with Gasteiger partial charge in [0.15, 0.2) is 0 Å². The van der Waals surface area contributed by atoms with Crippen LogP contribution in [0.15, 0.2) is 29.5 Å². The number of hydrogen-bond donors (Lipinski definition) is 1. The fraction of sp³-hybridized carbons (Fsp3) is 0.455. The van der Waals surface area contributed by atoms with Gasteiger partial charge in [-0.05, 0) is 18.6 Å². The van der Waals surface area contributed by atoms with Crippen LogP contribution in [-0.2, 0) is 0 Å². The molecule has 0 saturated carbocycles. The number of nitrogens with zero attached hydrogens (tertiary/aromatic N) is 2. The fourth-order valence-corrected chi connectivity index (χ4v) is 1.68.